The van der Waals surface area contributed by atoms with Crippen LogP contribution in [0, 0.1) is 34.1 Å². The van der Waals surface area contributed by atoms with Crippen LogP contribution in [-0.2, 0) is 4.79 Å². The molecule has 1 amide bonds. The summed E-state index contributed by atoms with van der Waals surface area (Å²) in [5, 5.41) is 28.6. The van der Waals surface area contributed by atoms with Crippen molar-refractivity contribution in [2.75, 3.05) is 5.32 Å². The maximum atomic E-state index is 12.3. The van der Waals surface area contributed by atoms with Crippen LogP contribution in [-0.4, -0.2) is 25.5 Å². The highest BCUT2D eigenvalue weighted by atomic mass is 16.6. The molecule has 0 aliphatic rings. The first-order valence-electron chi connectivity index (χ1n) is 6.96. The number of nitrogens with zero attached hydrogens (tertiary/aromatic N) is 4. The first-order valence-corrected chi connectivity index (χ1v) is 6.96. The predicted octanol–water partition coefficient (Wildman–Crippen LogP) is 2.52. The maximum Gasteiger partial charge on any atom is 0.281 e. The van der Waals surface area contributed by atoms with Gasteiger partial charge in [-0.3, -0.25) is 29.7 Å². The minimum absolute atomic E-state index is 0.0133. The molecular formula is C14H15N5O5. The Morgan fingerprint density at radius 3 is 2.17 bits per heavy atom. The summed E-state index contributed by atoms with van der Waals surface area (Å²) in [4.78, 5) is 33.0. The Balaban J connectivity index is 2.35. The van der Waals surface area contributed by atoms with Gasteiger partial charge in [0.2, 0.25) is 5.91 Å². The summed E-state index contributed by atoms with van der Waals surface area (Å²) in [5.74, 6) is -0.491. The Morgan fingerprint density at radius 2 is 1.75 bits per heavy atom. The summed E-state index contributed by atoms with van der Waals surface area (Å²) < 4.78 is 1.48. The fourth-order valence-corrected chi connectivity index (χ4v) is 2.28. The number of nitrogens with one attached hydrogen (secondary N) is 1. The van der Waals surface area contributed by atoms with E-state index >= 15 is 0 Å². The highest BCUT2D eigenvalue weighted by Crippen LogP contribution is 2.32. The second-order valence-electron chi connectivity index (χ2n) is 5.24. The Hall–Kier alpha value is -3.30. The third-order valence-corrected chi connectivity index (χ3v) is 3.63. The molecule has 1 unspecified atom stereocenters. The predicted molar refractivity (Wildman–Crippen MR) is 84.8 cm³/mol. The van der Waals surface area contributed by atoms with Crippen molar-refractivity contribution in [3.05, 3.63) is 55.9 Å². The number of carbonyl (C=O) groups excluding carboxylic acids is 1. The van der Waals surface area contributed by atoms with Crippen LogP contribution >= 0.6 is 0 Å². The van der Waals surface area contributed by atoms with Gasteiger partial charge < -0.3 is 5.32 Å². The molecule has 126 valence electrons. The maximum absolute atomic E-state index is 12.3. The van der Waals surface area contributed by atoms with Crippen LogP contribution in [0.1, 0.15) is 24.2 Å². The van der Waals surface area contributed by atoms with E-state index in [-0.39, 0.29) is 11.3 Å². The van der Waals surface area contributed by atoms with Crippen LogP contribution in [0.4, 0.5) is 17.1 Å². The molecule has 2 rings (SSSR count). The van der Waals surface area contributed by atoms with Gasteiger partial charge >= 0.3 is 0 Å². The van der Waals surface area contributed by atoms with Crippen LogP contribution in [0.3, 0.4) is 0 Å². The third kappa shape index (κ3) is 3.21. The molecule has 0 radical (unpaired) electrons. The van der Waals surface area contributed by atoms with Crippen LogP contribution in [0.15, 0.2) is 24.4 Å². The summed E-state index contributed by atoms with van der Waals surface area (Å²) in [6.07, 6.45) is 1.54. The van der Waals surface area contributed by atoms with Crippen molar-refractivity contribution in [3.8, 4) is 0 Å². The monoisotopic (exact) mass is 333 g/mol. The van der Waals surface area contributed by atoms with Crippen molar-refractivity contribution < 1.29 is 14.6 Å². The zero-order chi connectivity index (χ0) is 18.0. The summed E-state index contributed by atoms with van der Waals surface area (Å²) in [5.41, 5.74) is -0.178. The lowest BCUT2D eigenvalue weighted by atomic mass is 10.1. The Labute approximate surface area is 136 Å². The Bertz CT molecular complexity index is 794. The quantitative estimate of drug-likeness (QED) is 0.660. The first-order chi connectivity index (χ1) is 11.2. The number of carbonyl (C=O) groups is 1. The summed E-state index contributed by atoms with van der Waals surface area (Å²) in [6, 6.07) is 3.25. The number of anilines is 1. The molecule has 0 bridgehead atoms. The molecule has 0 spiro atoms. The van der Waals surface area contributed by atoms with Crippen LogP contribution in [0.5, 0.6) is 0 Å². The molecule has 0 aliphatic heterocycles. The van der Waals surface area contributed by atoms with Crippen molar-refractivity contribution in [2.45, 2.75) is 26.8 Å². The average Bonchev–Trinajstić information content (AvgIpc) is 2.93. The van der Waals surface area contributed by atoms with E-state index in [1.165, 1.54) is 11.6 Å². The minimum atomic E-state index is -0.723. The molecule has 0 saturated heterocycles. The van der Waals surface area contributed by atoms with Crippen molar-refractivity contribution in [3.63, 3.8) is 0 Å². The Morgan fingerprint density at radius 1 is 1.21 bits per heavy atom. The normalized spacial score (nSPS) is 11.8. The molecule has 1 aromatic heterocycles. The molecule has 24 heavy (non-hydrogen) atoms. The van der Waals surface area contributed by atoms with E-state index in [1.54, 1.807) is 26.1 Å². The van der Waals surface area contributed by atoms with Gasteiger partial charge in [-0.2, -0.15) is 5.10 Å². The number of hydrogen-bond acceptors (Lipinski definition) is 6. The van der Waals surface area contributed by atoms with E-state index in [0.717, 1.165) is 17.8 Å². The average molecular weight is 333 g/mol. The van der Waals surface area contributed by atoms with Gasteiger partial charge in [0, 0.05) is 24.0 Å². The van der Waals surface area contributed by atoms with Gasteiger partial charge in [0.15, 0.2) is 0 Å². The number of amides is 1. The fraction of sp³-hybridized carbons (Fsp3) is 0.286. The van der Waals surface area contributed by atoms with Crippen molar-refractivity contribution in [1.82, 2.24) is 9.78 Å². The smallest absolute Gasteiger partial charge is 0.281 e. The van der Waals surface area contributed by atoms with Crippen molar-refractivity contribution in [2.24, 2.45) is 0 Å². The lowest BCUT2D eigenvalue weighted by molar-refractivity contribution is -0.395. The van der Waals surface area contributed by atoms with Crippen LogP contribution in [0.25, 0.3) is 0 Å². The van der Waals surface area contributed by atoms with Gasteiger partial charge in [0.1, 0.15) is 11.6 Å². The van der Waals surface area contributed by atoms with E-state index in [0.29, 0.717) is 0 Å². The molecular weight excluding hydrogens is 318 g/mol. The number of nitro benzene ring substituents is 2. The van der Waals surface area contributed by atoms with Gasteiger partial charge in [-0.05, 0) is 26.8 Å². The molecule has 2 aromatic rings. The minimum Gasteiger partial charge on any atom is -0.324 e. The van der Waals surface area contributed by atoms with E-state index in [1.807, 2.05) is 0 Å². The molecule has 10 nitrogen and oxygen atoms in total. The molecule has 1 aromatic carbocycles. The van der Waals surface area contributed by atoms with Gasteiger partial charge in [-0.25, -0.2) is 0 Å². The van der Waals surface area contributed by atoms with Crippen molar-refractivity contribution in [1.29, 1.82) is 0 Å². The number of aromatic nitrogens is 2. The molecule has 0 saturated carbocycles. The third-order valence-electron chi connectivity index (χ3n) is 3.63. The molecule has 1 atom stereocenters. The first kappa shape index (κ1) is 17.1. The van der Waals surface area contributed by atoms with E-state index in [2.05, 4.69) is 10.4 Å². The second-order valence-corrected chi connectivity index (χ2v) is 5.24. The Kier molecular flexibility index (Phi) is 4.58. The SMILES string of the molecule is Cc1c([N+](=O)[O-])cc(NC(=O)C(C)n2nccc2C)cc1[N+](=O)[O-]. The summed E-state index contributed by atoms with van der Waals surface area (Å²) in [7, 11) is 0. The molecule has 0 fully saturated rings. The number of rotatable bonds is 5. The molecule has 10 heteroatoms. The highest BCUT2D eigenvalue weighted by molar-refractivity contribution is 5.94. The number of hydrogen-bond donors (Lipinski definition) is 1. The largest absolute Gasteiger partial charge is 0.324 e. The summed E-state index contributed by atoms with van der Waals surface area (Å²) >= 11 is 0. The lowest BCUT2D eigenvalue weighted by Crippen LogP contribution is -2.25. The molecule has 0 aliphatic carbocycles. The van der Waals surface area contributed by atoms with Crippen molar-refractivity contribution >= 4 is 23.0 Å². The topological polar surface area (TPSA) is 133 Å². The second kappa shape index (κ2) is 6.44. The summed E-state index contributed by atoms with van der Waals surface area (Å²) in [6.45, 7) is 4.67. The van der Waals surface area contributed by atoms with Gasteiger partial charge in [0.05, 0.1) is 15.5 Å². The van der Waals surface area contributed by atoms with Crippen LogP contribution in [0.2, 0.25) is 0 Å². The fourth-order valence-electron chi connectivity index (χ4n) is 2.28. The molecule has 1 heterocycles. The van der Waals surface area contributed by atoms with E-state index in [4.69, 9.17) is 0 Å². The standard InChI is InChI=1S/C14H15N5O5/c1-8-4-5-15-17(8)10(3)14(20)16-11-6-12(18(21)22)9(2)13(7-11)19(23)24/h4-7,10H,1-3H3,(H,16,20). The van der Waals surface area contributed by atoms with Gasteiger partial charge in [0.25, 0.3) is 11.4 Å². The lowest BCUT2D eigenvalue weighted by Gasteiger charge is -2.14. The zero-order valence-electron chi connectivity index (χ0n) is 13.2. The van der Waals surface area contributed by atoms with E-state index < -0.39 is 33.2 Å². The van der Waals surface area contributed by atoms with Crippen LogP contribution < -0.4 is 5.32 Å². The molecule has 1 N–H and O–H groups in total. The van der Waals surface area contributed by atoms with E-state index in [9.17, 15) is 25.0 Å². The zero-order valence-corrected chi connectivity index (χ0v) is 13.2. The van der Waals surface area contributed by atoms with Gasteiger partial charge in [-0.1, -0.05) is 0 Å². The number of nitro groups is 2. The van der Waals surface area contributed by atoms with Gasteiger partial charge in [-0.15, -0.1) is 0 Å². The highest BCUT2D eigenvalue weighted by Gasteiger charge is 2.25. The number of benzene rings is 1. The number of aryl methyl sites for hydroxylation is 1.